The van der Waals surface area contributed by atoms with Gasteiger partial charge in [-0.25, -0.2) is 0 Å². The van der Waals surface area contributed by atoms with Crippen LogP contribution in [0.15, 0.2) is 24.3 Å². The molecule has 0 radical (unpaired) electrons. The Kier molecular flexibility index (Phi) is 3.88. The van der Waals surface area contributed by atoms with Crippen molar-refractivity contribution in [2.24, 2.45) is 0 Å². The van der Waals surface area contributed by atoms with Crippen LogP contribution >= 0.6 is 23.1 Å². The van der Waals surface area contributed by atoms with Crippen LogP contribution in [0.4, 0.5) is 0 Å². The van der Waals surface area contributed by atoms with Crippen LogP contribution in [0, 0.1) is 0 Å². The number of thioether (sulfide) groups is 1. The van der Waals surface area contributed by atoms with Gasteiger partial charge < -0.3 is 4.74 Å². The van der Waals surface area contributed by atoms with E-state index in [4.69, 9.17) is 4.74 Å². The molecule has 0 saturated carbocycles. The highest BCUT2D eigenvalue weighted by Gasteiger charge is 2.12. The van der Waals surface area contributed by atoms with Crippen LogP contribution in [0.25, 0.3) is 15.5 Å². The standard InChI is InChI=1S/C13H14N4OS2/c1-3-18-10-6-4-9(5-7-10)12-16-17-11(8-19-2)14-15-13(17)20-12/h4-7H,3,8H2,1-2H3. The third-order valence-electron chi connectivity index (χ3n) is 2.74. The van der Waals surface area contributed by atoms with Gasteiger partial charge in [0.1, 0.15) is 10.8 Å². The minimum atomic E-state index is 0.675. The lowest BCUT2D eigenvalue weighted by Crippen LogP contribution is -1.93. The van der Waals surface area contributed by atoms with Crippen LogP contribution in [-0.2, 0) is 5.75 Å². The number of fused-ring (bicyclic) bond motifs is 1. The molecule has 2 aromatic heterocycles. The molecule has 0 aliphatic carbocycles. The lowest BCUT2D eigenvalue weighted by Gasteiger charge is -2.02. The monoisotopic (exact) mass is 306 g/mol. The molecule has 2 heterocycles. The maximum absolute atomic E-state index is 5.44. The summed E-state index contributed by atoms with van der Waals surface area (Å²) in [6, 6.07) is 7.96. The number of benzene rings is 1. The molecule has 0 atom stereocenters. The first-order valence-corrected chi connectivity index (χ1v) is 8.46. The lowest BCUT2D eigenvalue weighted by molar-refractivity contribution is 0.340. The summed E-state index contributed by atoms with van der Waals surface area (Å²) in [6.45, 7) is 2.65. The molecule has 0 amide bonds. The number of hydrogen-bond donors (Lipinski definition) is 0. The van der Waals surface area contributed by atoms with Gasteiger partial charge in [-0.1, -0.05) is 11.3 Å². The third kappa shape index (κ3) is 2.51. The molecule has 0 fully saturated rings. The Bertz CT molecular complexity index is 705. The van der Waals surface area contributed by atoms with Gasteiger partial charge >= 0.3 is 0 Å². The zero-order chi connectivity index (χ0) is 13.9. The first kappa shape index (κ1) is 13.4. The summed E-state index contributed by atoms with van der Waals surface area (Å²) in [5.74, 6) is 2.58. The first-order chi connectivity index (χ1) is 9.81. The molecule has 3 rings (SSSR count). The lowest BCUT2D eigenvalue weighted by atomic mass is 10.2. The molecule has 5 nitrogen and oxygen atoms in total. The van der Waals surface area contributed by atoms with E-state index in [2.05, 4.69) is 15.3 Å². The zero-order valence-electron chi connectivity index (χ0n) is 11.2. The Morgan fingerprint density at radius 1 is 1.25 bits per heavy atom. The molecule has 0 saturated heterocycles. The van der Waals surface area contributed by atoms with Crippen LogP contribution in [0.3, 0.4) is 0 Å². The van der Waals surface area contributed by atoms with Gasteiger partial charge in [0, 0.05) is 5.56 Å². The highest BCUT2D eigenvalue weighted by Crippen LogP contribution is 2.27. The second-order valence-corrected chi connectivity index (χ2v) is 5.93. The topological polar surface area (TPSA) is 52.3 Å². The minimum absolute atomic E-state index is 0.675. The van der Waals surface area contributed by atoms with Crippen molar-refractivity contribution in [3.63, 3.8) is 0 Å². The number of aromatic nitrogens is 4. The van der Waals surface area contributed by atoms with Gasteiger partial charge in [-0.2, -0.15) is 21.4 Å². The molecule has 0 bridgehead atoms. The first-order valence-electron chi connectivity index (χ1n) is 6.25. The Labute approximate surface area is 125 Å². The minimum Gasteiger partial charge on any atom is -0.494 e. The fourth-order valence-corrected chi connectivity index (χ4v) is 3.16. The Morgan fingerprint density at radius 2 is 2.05 bits per heavy atom. The summed E-state index contributed by atoms with van der Waals surface area (Å²) in [7, 11) is 0. The van der Waals surface area contributed by atoms with Crippen LogP contribution in [0.5, 0.6) is 5.75 Å². The zero-order valence-corrected chi connectivity index (χ0v) is 12.9. The van der Waals surface area contributed by atoms with E-state index in [0.717, 1.165) is 32.9 Å². The molecule has 0 spiro atoms. The van der Waals surface area contributed by atoms with Crippen molar-refractivity contribution in [2.75, 3.05) is 12.9 Å². The highest BCUT2D eigenvalue weighted by atomic mass is 32.2. The Balaban J connectivity index is 1.93. The summed E-state index contributed by atoms with van der Waals surface area (Å²) in [6.07, 6.45) is 2.04. The van der Waals surface area contributed by atoms with Gasteiger partial charge in [-0.05, 0) is 37.4 Å². The van der Waals surface area contributed by atoms with E-state index >= 15 is 0 Å². The molecule has 0 unspecified atom stereocenters. The van der Waals surface area contributed by atoms with E-state index in [9.17, 15) is 0 Å². The molecular weight excluding hydrogens is 292 g/mol. The van der Waals surface area contributed by atoms with Gasteiger partial charge in [0.2, 0.25) is 4.96 Å². The SMILES string of the molecule is CCOc1ccc(-c2nn3c(CSC)nnc3s2)cc1. The van der Waals surface area contributed by atoms with E-state index in [1.807, 2.05) is 42.0 Å². The largest absolute Gasteiger partial charge is 0.494 e. The van der Waals surface area contributed by atoms with Crippen molar-refractivity contribution in [2.45, 2.75) is 12.7 Å². The second-order valence-electron chi connectivity index (χ2n) is 4.11. The van der Waals surface area contributed by atoms with E-state index in [1.165, 1.54) is 0 Å². The van der Waals surface area contributed by atoms with Crippen molar-refractivity contribution < 1.29 is 4.74 Å². The van der Waals surface area contributed by atoms with Crippen LogP contribution in [0.1, 0.15) is 12.7 Å². The fraction of sp³-hybridized carbons (Fsp3) is 0.308. The van der Waals surface area contributed by atoms with E-state index in [-0.39, 0.29) is 0 Å². The van der Waals surface area contributed by atoms with Crippen molar-refractivity contribution >= 4 is 28.1 Å². The Morgan fingerprint density at radius 3 is 2.75 bits per heavy atom. The van der Waals surface area contributed by atoms with Crippen LogP contribution < -0.4 is 4.74 Å². The van der Waals surface area contributed by atoms with Gasteiger partial charge in [0.15, 0.2) is 5.82 Å². The number of ether oxygens (including phenoxy) is 1. The van der Waals surface area contributed by atoms with Crippen LogP contribution in [-0.4, -0.2) is 32.7 Å². The number of rotatable bonds is 5. The molecule has 104 valence electrons. The summed E-state index contributed by atoms with van der Waals surface area (Å²) >= 11 is 3.26. The molecular formula is C13H14N4OS2. The fourth-order valence-electron chi connectivity index (χ4n) is 1.85. The maximum atomic E-state index is 5.44. The predicted molar refractivity (Wildman–Crippen MR) is 82.5 cm³/mol. The van der Waals surface area contributed by atoms with Crippen LogP contribution in [0.2, 0.25) is 0 Å². The van der Waals surface area contributed by atoms with Crippen molar-refractivity contribution in [1.29, 1.82) is 0 Å². The predicted octanol–water partition coefficient (Wildman–Crippen LogP) is 3.11. The summed E-state index contributed by atoms with van der Waals surface area (Å²) < 4.78 is 7.27. The number of hydrogen-bond acceptors (Lipinski definition) is 6. The molecule has 7 heteroatoms. The van der Waals surface area contributed by atoms with Crippen molar-refractivity contribution in [3.05, 3.63) is 30.1 Å². The summed E-state index contributed by atoms with van der Waals surface area (Å²) in [5, 5.41) is 13.8. The molecule has 3 aromatic rings. The molecule has 20 heavy (non-hydrogen) atoms. The summed E-state index contributed by atoms with van der Waals surface area (Å²) in [5.41, 5.74) is 1.07. The van der Waals surface area contributed by atoms with E-state index < -0.39 is 0 Å². The highest BCUT2D eigenvalue weighted by molar-refractivity contribution is 7.97. The van der Waals surface area contributed by atoms with Gasteiger partial charge in [0.25, 0.3) is 0 Å². The third-order valence-corrected chi connectivity index (χ3v) is 4.24. The quantitative estimate of drug-likeness (QED) is 0.725. The smallest absolute Gasteiger partial charge is 0.235 e. The second kappa shape index (κ2) is 5.80. The summed E-state index contributed by atoms with van der Waals surface area (Å²) in [4.78, 5) is 0.831. The van der Waals surface area contributed by atoms with Gasteiger partial charge in [-0.15, -0.1) is 10.2 Å². The van der Waals surface area contributed by atoms with Gasteiger partial charge in [0.05, 0.1) is 12.4 Å². The molecule has 0 N–H and O–H groups in total. The van der Waals surface area contributed by atoms with Crippen molar-refractivity contribution in [1.82, 2.24) is 19.8 Å². The van der Waals surface area contributed by atoms with E-state index in [1.54, 1.807) is 23.1 Å². The average Bonchev–Trinajstić information content (AvgIpc) is 3.02. The van der Waals surface area contributed by atoms with Gasteiger partial charge in [-0.3, -0.25) is 0 Å². The molecule has 0 aliphatic rings. The normalized spacial score (nSPS) is 11.1. The van der Waals surface area contributed by atoms with E-state index in [0.29, 0.717) is 6.61 Å². The van der Waals surface area contributed by atoms with Crippen molar-refractivity contribution in [3.8, 4) is 16.3 Å². The maximum Gasteiger partial charge on any atom is 0.235 e. The Hall–Kier alpha value is -1.60. The molecule has 1 aromatic carbocycles. The number of nitrogens with zero attached hydrogens (tertiary/aromatic N) is 4. The molecule has 0 aliphatic heterocycles. The average molecular weight is 306 g/mol.